The highest BCUT2D eigenvalue weighted by molar-refractivity contribution is 5.87. The van der Waals surface area contributed by atoms with Crippen LogP contribution in [0.3, 0.4) is 0 Å². The minimum atomic E-state index is 0.306. The molecule has 4 nitrogen and oxygen atoms in total. The molecular weight excluding hydrogens is 288 g/mol. The van der Waals surface area contributed by atoms with Gasteiger partial charge >= 0.3 is 0 Å². The van der Waals surface area contributed by atoms with Crippen LogP contribution < -0.4 is 10.1 Å². The number of hydrogen-bond acceptors (Lipinski definition) is 3. The van der Waals surface area contributed by atoms with E-state index in [9.17, 15) is 4.79 Å². The van der Waals surface area contributed by atoms with Gasteiger partial charge in [0.05, 0.1) is 7.11 Å². The van der Waals surface area contributed by atoms with Crippen molar-refractivity contribution >= 4 is 16.7 Å². The van der Waals surface area contributed by atoms with Gasteiger partial charge in [-0.3, -0.25) is 4.79 Å². The van der Waals surface area contributed by atoms with Crippen molar-refractivity contribution < 1.29 is 9.53 Å². The number of benzene rings is 2. The van der Waals surface area contributed by atoms with Gasteiger partial charge in [-0.05, 0) is 36.2 Å². The normalized spacial score (nSPS) is 14.7. The van der Waals surface area contributed by atoms with E-state index in [4.69, 9.17) is 4.74 Å². The molecule has 1 heterocycles. The van der Waals surface area contributed by atoms with E-state index >= 15 is 0 Å². The molecule has 1 fully saturated rings. The Hall–Kier alpha value is -2.07. The molecule has 0 aliphatic carbocycles. The Labute approximate surface area is 137 Å². The summed E-state index contributed by atoms with van der Waals surface area (Å²) in [6, 6.07) is 12.5. The monoisotopic (exact) mass is 312 g/mol. The molecule has 1 aliphatic rings. The molecule has 0 saturated carbocycles. The van der Waals surface area contributed by atoms with E-state index in [0.29, 0.717) is 5.91 Å². The van der Waals surface area contributed by atoms with Crippen molar-refractivity contribution in [2.45, 2.75) is 25.8 Å². The molecule has 0 aromatic heterocycles. The van der Waals surface area contributed by atoms with Crippen LogP contribution in [0, 0.1) is 0 Å². The number of fused-ring (bicyclic) bond motifs is 1. The fourth-order valence-corrected chi connectivity index (χ4v) is 3.24. The fraction of sp³-hybridized carbons (Fsp3) is 0.421. The molecule has 122 valence electrons. The highest BCUT2D eigenvalue weighted by Crippen LogP contribution is 2.27. The summed E-state index contributed by atoms with van der Waals surface area (Å²) in [5.41, 5.74) is 1.20. The lowest BCUT2D eigenvalue weighted by molar-refractivity contribution is -0.127. The maximum absolute atomic E-state index is 11.6. The van der Waals surface area contributed by atoms with Crippen molar-refractivity contribution in [3.63, 3.8) is 0 Å². The van der Waals surface area contributed by atoms with Gasteiger partial charge < -0.3 is 15.0 Å². The maximum Gasteiger partial charge on any atom is 0.222 e. The summed E-state index contributed by atoms with van der Waals surface area (Å²) in [6.07, 6.45) is 2.72. The average molecular weight is 312 g/mol. The third-order valence-corrected chi connectivity index (χ3v) is 4.47. The number of hydrogen-bond donors (Lipinski definition) is 1. The number of carbonyl (C=O) groups excluding carboxylic acids is 1. The Morgan fingerprint density at radius 1 is 1.22 bits per heavy atom. The lowest BCUT2D eigenvalue weighted by Crippen LogP contribution is -2.28. The minimum absolute atomic E-state index is 0.306. The van der Waals surface area contributed by atoms with Crippen LogP contribution >= 0.6 is 0 Å². The predicted octanol–water partition coefficient (Wildman–Crippen LogP) is 2.95. The summed E-state index contributed by atoms with van der Waals surface area (Å²) in [7, 11) is 1.71. The Morgan fingerprint density at radius 3 is 2.87 bits per heavy atom. The van der Waals surface area contributed by atoms with Crippen LogP contribution in [0.25, 0.3) is 10.8 Å². The van der Waals surface area contributed by atoms with Crippen molar-refractivity contribution in [2.75, 3.05) is 26.7 Å². The number of likely N-dealkylation sites (tertiary alicyclic amines) is 1. The van der Waals surface area contributed by atoms with E-state index in [0.717, 1.165) is 51.2 Å². The van der Waals surface area contributed by atoms with E-state index in [1.54, 1.807) is 7.11 Å². The summed E-state index contributed by atoms with van der Waals surface area (Å²) in [6.45, 7) is 3.46. The van der Waals surface area contributed by atoms with Gasteiger partial charge in [-0.25, -0.2) is 0 Å². The van der Waals surface area contributed by atoms with Gasteiger partial charge in [-0.1, -0.05) is 30.3 Å². The maximum atomic E-state index is 11.6. The molecule has 1 aliphatic heterocycles. The first-order chi connectivity index (χ1) is 11.3. The predicted molar refractivity (Wildman–Crippen MR) is 92.6 cm³/mol. The molecule has 0 atom stereocenters. The number of nitrogens with zero attached hydrogens (tertiary/aromatic N) is 1. The van der Waals surface area contributed by atoms with Crippen LogP contribution in [0.4, 0.5) is 0 Å². The molecule has 3 rings (SSSR count). The average Bonchev–Trinajstić information content (AvgIpc) is 2.99. The lowest BCUT2D eigenvalue weighted by Gasteiger charge is -2.16. The van der Waals surface area contributed by atoms with Crippen molar-refractivity contribution in [1.29, 1.82) is 0 Å². The molecule has 0 radical (unpaired) electrons. The van der Waals surface area contributed by atoms with Gasteiger partial charge in [-0.2, -0.15) is 0 Å². The first kappa shape index (κ1) is 15.8. The molecule has 1 amide bonds. The third-order valence-electron chi connectivity index (χ3n) is 4.47. The number of ether oxygens (including phenoxy) is 1. The first-order valence-electron chi connectivity index (χ1n) is 8.32. The van der Waals surface area contributed by atoms with Crippen LogP contribution in [0.5, 0.6) is 5.75 Å². The minimum Gasteiger partial charge on any atom is -0.496 e. The van der Waals surface area contributed by atoms with Crippen LogP contribution in [-0.2, 0) is 11.3 Å². The molecule has 0 unspecified atom stereocenters. The summed E-state index contributed by atoms with van der Waals surface area (Å²) in [5.74, 6) is 1.23. The van der Waals surface area contributed by atoms with Crippen molar-refractivity contribution in [1.82, 2.24) is 10.2 Å². The van der Waals surface area contributed by atoms with E-state index in [-0.39, 0.29) is 0 Å². The number of methoxy groups -OCH3 is 1. The molecular formula is C19H24N2O2. The quantitative estimate of drug-likeness (QED) is 0.799. The number of nitrogens with one attached hydrogen (secondary N) is 1. The highest BCUT2D eigenvalue weighted by atomic mass is 16.5. The number of rotatable bonds is 7. The van der Waals surface area contributed by atoms with Gasteiger partial charge in [0.1, 0.15) is 5.75 Å². The van der Waals surface area contributed by atoms with Crippen LogP contribution in [0.15, 0.2) is 36.4 Å². The van der Waals surface area contributed by atoms with Gasteiger partial charge in [0, 0.05) is 31.6 Å². The zero-order valence-corrected chi connectivity index (χ0v) is 13.7. The Kier molecular flexibility index (Phi) is 5.13. The zero-order chi connectivity index (χ0) is 16.1. The van der Waals surface area contributed by atoms with Crippen molar-refractivity contribution in [3.05, 3.63) is 42.0 Å². The second kappa shape index (κ2) is 7.47. The van der Waals surface area contributed by atoms with Gasteiger partial charge in [0.2, 0.25) is 5.91 Å². The van der Waals surface area contributed by atoms with Gasteiger partial charge in [0.25, 0.3) is 0 Å². The molecule has 1 N–H and O–H groups in total. The summed E-state index contributed by atoms with van der Waals surface area (Å²) < 4.78 is 5.51. The van der Waals surface area contributed by atoms with E-state index in [2.05, 4.69) is 35.6 Å². The van der Waals surface area contributed by atoms with E-state index < -0.39 is 0 Å². The van der Waals surface area contributed by atoms with E-state index in [1.165, 1.54) is 16.3 Å². The Morgan fingerprint density at radius 2 is 2.09 bits per heavy atom. The second-order valence-electron chi connectivity index (χ2n) is 5.98. The van der Waals surface area contributed by atoms with Crippen molar-refractivity contribution in [2.24, 2.45) is 0 Å². The van der Waals surface area contributed by atoms with Crippen molar-refractivity contribution in [3.8, 4) is 5.75 Å². The highest BCUT2D eigenvalue weighted by Gasteiger charge is 2.18. The third kappa shape index (κ3) is 3.64. The van der Waals surface area contributed by atoms with Gasteiger partial charge in [-0.15, -0.1) is 0 Å². The molecule has 4 heteroatoms. The lowest BCUT2D eigenvalue weighted by atomic mass is 10.0. The topological polar surface area (TPSA) is 41.6 Å². The molecule has 0 spiro atoms. The molecule has 1 saturated heterocycles. The SMILES string of the molecule is COc1ccc2ccccc2c1CNCCCN1CCCC1=O. The number of carbonyl (C=O) groups is 1. The van der Waals surface area contributed by atoms with Crippen LogP contribution in [0.1, 0.15) is 24.8 Å². The fourth-order valence-electron chi connectivity index (χ4n) is 3.24. The molecule has 0 bridgehead atoms. The summed E-state index contributed by atoms with van der Waals surface area (Å²) in [4.78, 5) is 13.6. The van der Waals surface area contributed by atoms with Gasteiger partial charge in [0.15, 0.2) is 0 Å². The molecule has 23 heavy (non-hydrogen) atoms. The Balaban J connectivity index is 1.57. The first-order valence-corrected chi connectivity index (χ1v) is 8.32. The smallest absolute Gasteiger partial charge is 0.222 e. The zero-order valence-electron chi connectivity index (χ0n) is 13.7. The second-order valence-corrected chi connectivity index (χ2v) is 5.98. The number of amides is 1. The van der Waals surface area contributed by atoms with E-state index in [1.807, 2.05) is 11.0 Å². The summed E-state index contributed by atoms with van der Waals surface area (Å²) >= 11 is 0. The van der Waals surface area contributed by atoms with Crippen LogP contribution in [0.2, 0.25) is 0 Å². The van der Waals surface area contributed by atoms with Crippen LogP contribution in [-0.4, -0.2) is 37.6 Å². The molecule has 2 aromatic rings. The largest absolute Gasteiger partial charge is 0.496 e. The standard InChI is InChI=1S/C19H24N2O2/c1-23-18-10-9-15-6-2-3-7-16(15)17(18)14-20-11-5-13-21-12-4-8-19(21)22/h2-3,6-7,9-10,20H,4-5,8,11-14H2,1H3. The Bertz CT molecular complexity index is 684. The summed E-state index contributed by atoms with van der Waals surface area (Å²) in [5, 5.41) is 5.95. The molecule has 2 aromatic carbocycles.